The van der Waals surface area contributed by atoms with Gasteiger partial charge in [0.05, 0.1) is 5.52 Å². The first-order valence-corrected chi connectivity index (χ1v) is 5.83. The summed E-state index contributed by atoms with van der Waals surface area (Å²) in [7, 11) is 0. The zero-order valence-corrected chi connectivity index (χ0v) is 10.1. The minimum absolute atomic E-state index is 0.221. The number of hydrogen-bond acceptors (Lipinski definition) is 2. The normalized spacial score (nSPS) is 10.9. The van der Waals surface area contributed by atoms with E-state index in [1.807, 2.05) is 24.3 Å². The smallest absolute Gasteiger partial charge is 0.139 e. The highest BCUT2D eigenvalue weighted by Gasteiger charge is 2.10. The first-order chi connectivity index (χ1) is 8.66. The first kappa shape index (κ1) is 10.7. The van der Waals surface area contributed by atoms with Crippen molar-refractivity contribution in [3.8, 4) is 17.0 Å². The van der Waals surface area contributed by atoms with Crippen molar-refractivity contribution in [3.05, 3.63) is 48.0 Å². The molecule has 3 aromatic rings. The quantitative estimate of drug-likeness (QED) is 0.449. The molecule has 3 heteroatoms. The Morgan fingerprint density at radius 2 is 1.89 bits per heavy atom. The number of aromatic hydroxyl groups is 1. The van der Waals surface area contributed by atoms with E-state index < -0.39 is 0 Å². The molecule has 0 bridgehead atoms. The standard InChI is InChI=1S/C15H14N2O/c1-9-4-2-3-5-10(9)13-8-11-12(16)6-7-14(18)15(11)17-13/h2-8,17-18H,16H2,1H3. The maximum atomic E-state index is 9.84. The zero-order valence-electron chi connectivity index (χ0n) is 10.1. The summed E-state index contributed by atoms with van der Waals surface area (Å²) in [4.78, 5) is 3.23. The van der Waals surface area contributed by atoms with Crippen molar-refractivity contribution < 1.29 is 5.11 Å². The molecule has 4 N–H and O–H groups in total. The second-order valence-corrected chi connectivity index (χ2v) is 4.46. The molecule has 0 saturated heterocycles. The fraction of sp³-hybridized carbons (Fsp3) is 0.0667. The number of nitrogens with one attached hydrogen (secondary N) is 1. The molecule has 3 rings (SSSR count). The van der Waals surface area contributed by atoms with E-state index in [0.717, 1.165) is 16.6 Å². The van der Waals surface area contributed by atoms with Crippen LogP contribution in [0.15, 0.2) is 42.5 Å². The largest absolute Gasteiger partial charge is 0.506 e. The number of nitrogens with two attached hydrogens (primary N) is 1. The van der Waals surface area contributed by atoms with Crippen molar-refractivity contribution >= 4 is 16.6 Å². The molecular weight excluding hydrogens is 224 g/mol. The minimum atomic E-state index is 0.221. The van der Waals surface area contributed by atoms with Gasteiger partial charge in [-0.25, -0.2) is 0 Å². The summed E-state index contributed by atoms with van der Waals surface area (Å²) in [5.41, 5.74) is 10.5. The van der Waals surface area contributed by atoms with E-state index in [-0.39, 0.29) is 5.75 Å². The maximum absolute atomic E-state index is 9.84. The lowest BCUT2D eigenvalue weighted by Crippen LogP contribution is -1.84. The van der Waals surface area contributed by atoms with E-state index in [4.69, 9.17) is 5.73 Å². The van der Waals surface area contributed by atoms with Crippen LogP contribution in [-0.4, -0.2) is 10.1 Å². The fourth-order valence-electron chi connectivity index (χ4n) is 2.25. The van der Waals surface area contributed by atoms with Gasteiger partial charge in [-0.2, -0.15) is 0 Å². The van der Waals surface area contributed by atoms with Crippen LogP contribution in [0, 0.1) is 6.92 Å². The fourth-order valence-corrected chi connectivity index (χ4v) is 2.25. The third kappa shape index (κ3) is 1.52. The SMILES string of the molecule is Cc1ccccc1-c1cc2c(N)ccc(O)c2[nH]1. The third-order valence-corrected chi connectivity index (χ3v) is 3.24. The molecule has 90 valence electrons. The Morgan fingerprint density at radius 1 is 1.11 bits per heavy atom. The molecule has 0 unspecified atom stereocenters. The molecule has 18 heavy (non-hydrogen) atoms. The van der Waals surface area contributed by atoms with Gasteiger partial charge in [0.25, 0.3) is 0 Å². The van der Waals surface area contributed by atoms with Gasteiger partial charge >= 0.3 is 0 Å². The van der Waals surface area contributed by atoms with Crippen molar-refractivity contribution in [3.63, 3.8) is 0 Å². The average Bonchev–Trinajstić information content (AvgIpc) is 2.80. The molecule has 0 saturated carbocycles. The number of H-pyrrole nitrogens is 1. The Hall–Kier alpha value is -2.42. The number of anilines is 1. The second kappa shape index (κ2) is 3.81. The molecule has 1 aromatic heterocycles. The summed E-state index contributed by atoms with van der Waals surface area (Å²) < 4.78 is 0. The Morgan fingerprint density at radius 3 is 2.61 bits per heavy atom. The van der Waals surface area contributed by atoms with Gasteiger partial charge in [-0.3, -0.25) is 0 Å². The van der Waals surface area contributed by atoms with Crippen LogP contribution in [0.5, 0.6) is 5.75 Å². The Kier molecular flexibility index (Phi) is 2.27. The number of aromatic amines is 1. The summed E-state index contributed by atoms with van der Waals surface area (Å²) in [5.74, 6) is 0.221. The Labute approximate surface area is 105 Å². The highest BCUT2D eigenvalue weighted by molar-refractivity contribution is 5.98. The number of fused-ring (bicyclic) bond motifs is 1. The molecule has 0 amide bonds. The van der Waals surface area contributed by atoms with Crippen LogP contribution in [0.4, 0.5) is 5.69 Å². The van der Waals surface area contributed by atoms with Crippen molar-refractivity contribution in [2.24, 2.45) is 0 Å². The highest BCUT2D eigenvalue weighted by Crippen LogP contribution is 2.33. The van der Waals surface area contributed by atoms with Gasteiger partial charge in [0, 0.05) is 22.3 Å². The molecule has 0 radical (unpaired) electrons. The summed E-state index contributed by atoms with van der Waals surface area (Å²) in [6.45, 7) is 2.06. The van der Waals surface area contributed by atoms with Gasteiger partial charge < -0.3 is 15.8 Å². The van der Waals surface area contributed by atoms with Crippen LogP contribution in [0.2, 0.25) is 0 Å². The van der Waals surface area contributed by atoms with Crippen molar-refractivity contribution in [1.82, 2.24) is 4.98 Å². The predicted molar refractivity (Wildman–Crippen MR) is 74.5 cm³/mol. The molecule has 0 aliphatic rings. The van der Waals surface area contributed by atoms with E-state index in [0.29, 0.717) is 11.2 Å². The van der Waals surface area contributed by atoms with Crippen LogP contribution in [0.3, 0.4) is 0 Å². The first-order valence-electron chi connectivity index (χ1n) is 5.83. The molecule has 0 spiro atoms. The van der Waals surface area contributed by atoms with Crippen LogP contribution in [0.1, 0.15) is 5.56 Å². The molecule has 1 heterocycles. The summed E-state index contributed by atoms with van der Waals surface area (Å²) in [5, 5.41) is 10.7. The summed E-state index contributed by atoms with van der Waals surface area (Å²) in [6.07, 6.45) is 0. The van der Waals surface area contributed by atoms with Crippen molar-refractivity contribution in [2.75, 3.05) is 5.73 Å². The summed E-state index contributed by atoms with van der Waals surface area (Å²) >= 11 is 0. The molecule has 0 aliphatic carbocycles. The highest BCUT2D eigenvalue weighted by atomic mass is 16.3. The number of rotatable bonds is 1. The average molecular weight is 238 g/mol. The second-order valence-electron chi connectivity index (χ2n) is 4.46. The minimum Gasteiger partial charge on any atom is -0.506 e. The van der Waals surface area contributed by atoms with Gasteiger partial charge in [-0.15, -0.1) is 0 Å². The van der Waals surface area contributed by atoms with Crippen molar-refractivity contribution in [1.29, 1.82) is 0 Å². The van der Waals surface area contributed by atoms with Gasteiger partial charge in [0.15, 0.2) is 0 Å². The van der Waals surface area contributed by atoms with Crippen LogP contribution in [-0.2, 0) is 0 Å². The van der Waals surface area contributed by atoms with E-state index in [9.17, 15) is 5.11 Å². The molecular formula is C15H14N2O. The van der Waals surface area contributed by atoms with E-state index in [2.05, 4.69) is 18.0 Å². The number of phenols is 1. The van der Waals surface area contributed by atoms with Gasteiger partial charge in [-0.1, -0.05) is 24.3 Å². The van der Waals surface area contributed by atoms with Crippen molar-refractivity contribution in [2.45, 2.75) is 6.92 Å². The molecule has 3 nitrogen and oxygen atoms in total. The van der Waals surface area contributed by atoms with Gasteiger partial charge in [0.2, 0.25) is 0 Å². The van der Waals surface area contributed by atoms with Crippen LogP contribution in [0.25, 0.3) is 22.2 Å². The Balaban J connectivity index is 2.29. The lowest BCUT2D eigenvalue weighted by atomic mass is 10.1. The number of aryl methyl sites for hydroxylation is 1. The lowest BCUT2D eigenvalue weighted by Gasteiger charge is -2.01. The maximum Gasteiger partial charge on any atom is 0.139 e. The van der Waals surface area contributed by atoms with E-state index >= 15 is 0 Å². The predicted octanol–water partition coefficient (Wildman–Crippen LogP) is 3.43. The monoisotopic (exact) mass is 238 g/mol. The third-order valence-electron chi connectivity index (χ3n) is 3.24. The summed E-state index contributed by atoms with van der Waals surface area (Å²) in [6, 6.07) is 13.4. The topological polar surface area (TPSA) is 62.0 Å². The van der Waals surface area contributed by atoms with Gasteiger partial charge in [-0.05, 0) is 30.7 Å². The van der Waals surface area contributed by atoms with Crippen LogP contribution >= 0.6 is 0 Å². The Bertz CT molecular complexity index is 689. The number of benzene rings is 2. The van der Waals surface area contributed by atoms with Crippen LogP contribution < -0.4 is 5.73 Å². The number of aromatic nitrogens is 1. The zero-order chi connectivity index (χ0) is 12.7. The molecule has 2 aromatic carbocycles. The van der Waals surface area contributed by atoms with E-state index in [1.54, 1.807) is 12.1 Å². The molecule has 0 fully saturated rings. The molecule has 0 aliphatic heterocycles. The molecule has 0 atom stereocenters. The lowest BCUT2D eigenvalue weighted by molar-refractivity contribution is 0.480. The van der Waals surface area contributed by atoms with Gasteiger partial charge in [0.1, 0.15) is 5.75 Å². The number of nitrogen functional groups attached to an aromatic ring is 1. The van der Waals surface area contributed by atoms with E-state index in [1.165, 1.54) is 5.56 Å². The number of phenolic OH excluding ortho intramolecular Hbond substituents is 1. The number of hydrogen-bond donors (Lipinski definition) is 3.